The van der Waals surface area contributed by atoms with E-state index in [2.05, 4.69) is 252 Å². The predicted molar refractivity (Wildman–Crippen MR) is 271 cm³/mol. The molecular weight excluding hydrogens is 777 g/mol. The van der Waals surface area contributed by atoms with Crippen LogP contribution in [-0.4, -0.2) is 20.7 Å². The van der Waals surface area contributed by atoms with Crippen molar-refractivity contribution in [3.63, 3.8) is 0 Å². The summed E-state index contributed by atoms with van der Waals surface area (Å²) >= 11 is 0. The summed E-state index contributed by atoms with van der Waals surface area (Å²) in [5.41, 5.74) is 16.6. The largest absolute Gasteiger partial charge is 0.337 e. The topological polar surface area (TPSA) is 26.0 Å². The zero-order valence-corrected chi connectivity index (χ0v) is 35.9. The second-order valence-corrected chi connectivity index (χ2v) is 16.4. The highest BCUT2D eigenvalue weighted by Gasteiger charge is 2.17. The lowest BCUT2D eigenvalue weighted by Crippen LogP contribution is -2.18. The van der Waals surface area contributed by atoms with E-state index in [1.165, 1.54) is 54.9 Å². The lowest BCUT2D eigenvalue weighted by Gasteiger charge is -2.26. The first kappa shape index (κ1) is 38.7. The molecule has 0 atom stereocenters. The summed E-state index contributed by atoms with van der Waals surface area (Å²) in [6.45, 7) is 4.95. The predicted octanol–water partition coefficient (Wildman–Crippen LogP) is 15.9. The van der Waals surface area contributed by atoms with Crippen LogP contribution in [-0.2, 0) is 0 Å². The van der Waals surface area contributed by atoms with Gasteiger partial charge in [0, 0.05) is 62.0 Å². The minimum Gasteiger partial charge on any atom is -0.337 e. The van der Waals surface area contributed by atoms with E-state index >= 15 is 0 Å². The minimum atomic E-state index is 0.725. The van der Waals surface area contributed by atoms with E-state index in [-0.39, 0.29) is 0 Å². The molecule has 4 heteroatoms. The summed E-state index contributed by atoms with van der Waals surface area (Å²) in [6, 6.07) is 74.5. The molecule has 306 valence electrons. The third-order valence-corrected chi connectivity index (χ3v) is 12.4. The molecule has 0 bridgehead atoms. The van der Waals surface area contributed by atoms with E-state index in [9.17, 15) is 0 Å². The highest BCUT2D eigenvalue weighted by atomic mass is 15.1. The number of benzene rings is 8. The Hall–Kier alpha value is -8.21. The van der Waals surface area contributed by atoms with Crippen LogP contribution < -0.4 is 4.90 Å². The lowest BCUT2D eigenvalue weighted by molar-refractivity contribution is 1.08. The van der Waals surface area contributed by atoms with Gasteiger partial charge in [-0.25, -0.2) is 4.98 Å². The minimum absolute atomic E-state index is 0.725. The van der Waals surface area contributed by atoms with Crippen molar-refractivity contribution in [2.75, 3.05) is 11.4 Å². The van der Waals surface area contributed by atoms with Crippen molar-refractivity contribution >= 4 is 55.0 Å². The number of nitrogens with zero attached hydrogens (tertiary/aromatic N) is 4. The van der Waals surface area contributed by atoms with Gasteiger partial charge < -0.3 is 14.0 Å². The first-order valence-electron chi connectivity index (χ1n) is 22.0. The average Bonchev–Trinajstić information content (AvgIpc) is 3.88. The quantitative estimate of drug-likeness (QED) is 0.128. The van der Waals surface area contributed by atoms with Crippen LogP contribution in [0.1, 0.15) is 12.5 Å². The van der Waals surface area contributed by atoms with E-state index in [1.54, 1.807) is 0 Å². The third-order valence-electron chi connectivity index (χ3n) is 12.4. The Morgan fingerprint density at radius 2 is 0.906 bits per heavy atom. The zero-order chi connectivity index (χ0) is 43.0. The van der Waals surface area contributed by atoms with Crippen molar-refractivity contribution in [3.05, 3.63) is 236 Å². The summed E-state index contributed by atoms with van der Waals surface area (Å²) in [6.07, 6.45) is 8.47. The molecule has 0 saturated heterocycles. The van der Waals surface area contributed by atoms with Gasteiger partial charge in [0.25, 0.3) is 0 Å². The molecule has 0 unspecified atom stereocenters. The van der Waals surface area contributed by atoms with Gasteiger partial charge in [-0.2, -0.15) is 0 Å². The molecule has 4 nitrogen and oxygen atoms in total. The van der Waals surface area contributed by atoms with Crippen molar-refractivity contribution in [2.24, 2.45) is 0 Å². The van der Waals surface area contributed by atoms with Crippen molar-refractivity contribution in [2.45, 2.75) is 13.8 Å². The number of hydrogen-bond acceptors (Lipinski definition) is 2. The van der Waals surface area contributed by atoms with Crippen molar-refractivity contribution < 1.29 is 0 Å². The fourth-order valence-electron chi connectivity index (χ4n) is 9.42. The van der Waals surface area contributed by atoms with Crippen LogP contribution in [0.25, 0.3) is 88.6 Å². The van der Waals surface area contributed by atoms with Gasteiger partial charge in [-0.05, 0) is 109 Å². The zero-order valence-electron chi connectivity index (χ0n) is 35.9. The van der Waals surface area contributed by atoms with Gasteiger partial charge in [0.1, 0.15) is 0 Å². The fraction of sp³-hybridized carbons (Fsp3) is 0.0500. The lowest BCUT2D eigenvalue weighted by atomic mass is 9.99. The number of hydrogen-bond donors (Lipinski definition) is 0. The van der Waals surface area contributed by atoms with E-state index in [1.807, 2.05) is 6.92 Å². The molecule has 0 aliphatic carbocycles. The van der Waals surface area contributed by atoms with Crippen LogP contribution in [0.2, 0.25) is 0 Å². The normalized spacial score (nSPS) is 11.8. The van der Waals surface area contributed by atoms with Crippen LogP contribution in [0, 0.1) is 6.92 Å². The Balaban J connectivity index is 1.09. The van der Waals surface area contributed by atoms with E-state index in [0.717, 1.165) is 57.2 Å². The number of fused-ring (bicyclic) bond motifs is 6. The maximum absolute atomic E-state index is 5.52. The molecule has 0 aliphatic rings. The Bertz CT molecular complexity index is 3300. The highest BCUT2D eigenvalue weighted by molar-refractivity contribution is 6.10. The fourth-order valence-corrected chi connectivity index (χ4v) is 9.42. The van der Waals surface area contributed by atoms with Crippen LogP contribution in [0.5, 0.6) is 0 Å². The van der Waals surface area contributed by atoms with Crippen LogP contribution in [0.15, 0.2) is 231 Å². The molecule has 11 aromatic rings. The Labute approximate surface area is 373 Å². The van der Waals surface area contributed by atoms with Crippen molar-refractivity contribution in [1.29, 1.82) is 0 Å². The maximum atomic E-state index is 5.52. The number of para-hydroxylation sites is 5. The molecule has 0 spiro atoms. The number of allylic oxidation sites excluding steroid dienone is 3. The van der Waals surface area contributed by atoms with Gasteiger partial charge in [-0.15, -0.1) is 0 Å². The molecule has 64 heavy (non-hydrogen) atoms. The Kier molecular flexibility index (Phi) is 10.0. The van der Waals surface area contributed by atoms with Gasteiger partial charge in [0.15, 0.2) is 0 Å². The van der Waals surface area contributed by atoms with Gasteiger partial charge in [0.2, 0.25) is 0 Å². The SMILES string of the molecule is C/C=C\C=C/CN(c1cccc(-c2cc(-c3cccc(-n4c5ccccc5c5ccccc54)c3)cc(-c3cccc(-n4c5ccccc5c5ccccc54)c3)n2)c1)c1ccccc1C. The summed E-state index contributed by atoms with van der Waals surface area (Å²) in [4.78, 5) is 7.90. The number of aromatic nitrogens is 3. The molecule has 0 radical (unpaired) electrons. The molecule has 0 fully saturated rings. The average molecular weight is 823 g/mol. The van der Waals surface area contributed by atoms with Gasteiger partial charge in [-0.1, -0.05) is 152 Å². The number of anilines is 2. The van der Waals surface area contributed by atoms with E-state index < -0.39 is 0 Å². The molecule has 0 aliphatic heterocycles. The first-order valence-corrected chi connectivity index (χ1v) is 22.0. The summed E-state index contributed by atoms with van der Waals surface area (Å²) in [5.74, 6) is 0. The molecule has 8 aromatic carbocycles. The van der Waals surface area contributed by atoms with Gasteiger partial charge in [0.05, 0.1) is 33.5 Å². The Morgan fingerprint density at radius 1 is 0.438 bits per heavy atom. The van der Waals surface area contributed by atoms with Crippen LogP contribution in [0.4, 0.5) is 11.4 Å². The number of rotatable bonds is 10. The number of aryl methyl sites for hydroxylation is 1. The molecule has 11 rings (SSSR count). The van der Waals surface area contributed by atoms with Gasteiger partial charge in [-0.3, -0.25) is 0 Å². The first-order chi connectivity index (χ1) is 31.6. The monoisotopic (exact) mass is 822 g/mol. The molecule has 0 amide bonds. The van der Waals surface area contributed by atoms with Crippen molar-refractivity contribution in [3.8, 4) is 45.0 Å². The van der Waals surface area contributed by atoms with E-state index in [0.29, 0.717) is 0 Å². The molecule has 3 aromatic heterocycles. The Morgan fingerprint density at radius 3 is 1.45 bits per heavy atom. The highest BCUT2D eigenvalue weighted by Crippen LogP contribution is 2.38. The van der Waals surface area contributed by atoms with Crippen molar-refractivity contribution in [1.82, 2.24) is 14.1 Å². The smallest absolute Gasteiger partial charge is 0.0716 e. The van der Waals surface area contributed by atoms with Crippen LogP contribution >= 0.6 is 0 Å². The second-order valence-electron chi connectivity index (χ2n) is 16.4. The van der Waals surface area contributed by atoms with E-state index in [4.69, 9.17) is 4.98 Å². The molecule has 0 N–H and O–H groups in total. The standard InChI is InChI=1S/C60H46N4/c1-3-4-5-16-36-62(56-31-11-6-20-42(56)2)47-24-18-22-44(38-47)54-40-46(43-21-17-25-48(37-43)63-57-32-12-7-27-50(57)51-28-8-13-33-58(51)63)41-55(61-54)45-23-19-26-49(39-45)64-59-34-14-9-29-52(59)53-30-10-15-35-60(53)64/h3-35,37-41H,36H2,1-2H3/b4-3-,16-5-. The molecular formula is C60H46N4. The van der Waals surface area contributed by atoms with Gasteiger partial charge >= 0.3 is 0 Å². The molecule has 0 saturated carbocycles. The maximum Gasteiger partial charge on any atom is 0.0716 e. The summed E-state index contributed by atoms with van der Waals surface area (Å²) in [7, 11) is 0. The van der Waals surface area contributed by atoms with Crippen LogP contribution in [0.3, 0.4) is 0 Å². The summed E-state index contributed by atoms with van der Waals surface area (Å²) in [5, 5.41) is 4.98. The second kappa shape index (κ2) is 16.6. The number of pyridine rings is 1. The summed E-state index contributed by atoms with van der Waals surface area (Å²) < 4.78 is 4.77. The molecule has 3 heterocycles. The third kappa shape index (κ3) is 6.96.